The smallest absolute Gasteiger partial charge is 0.270 e. The molecule has 0 fully saturated rings. The number of Topliss-reactive ketones (excluding diaryl/α,β-unsaturated/α-hetero) is 1. The van der Waals surface area contributed by atoms with Gasteiger partial charge in [-0.3, -0.25) is 29.1 Å². The molecule has 1 aliphatic rings. The minimum absolute atomic E-state index is 0.0957. The fraction of sp³-hybridized carbons (Fsp3) is 0.281. The number of furan rings is 1. The first-order valence-electron chi connectivity index (χ1n) is 13.7. The second-order valence-corrected chi connectivity index (χ2v) is 13.0. The Morgan fingerprint density at radius 1 is 1.12 bits per heavy atom. The number of para-hydroxylation sites is 1. The van der Waals surface area contributed by atoms with E-state index < -0.39 is 15.9 Å². The molecule has 2 aromatic heterocycles. The molecule has 0 saturated heterocycles. The van der Waals surface area contributed by atoms with E-state index in [9.17, 15) is 24.5 Å². The van der Waals surface area contributed by atoms with Gasteiger partial charge < -0.3 is 9.32 Å². The summed E-state index contributed by atoms with van der Waals surface area (Å²) in [5.41, 5.74) is 1.11. The van der Waals surface area contributed by atoms with Crippen molar-refractivity contribution in [2.24, 2.45) is 5.41 Å². The Kier molecular flexibility index (Phi) is 8.02. The number of ketones is 1. The summed E-state index contributed by atoms with van der Waals surface area (Å²) >= 11 is 7.36. The lowest BCUT2D eigenvalue weighted by atomic mass is 9.91. The molecule has 11 heteroatoms. The van der Waals surface area contributed by atoms with Gasteiger partial charge in [-0.2, -0.15) is 0 Å². The van der Waals surface area contributed by atoms with Crippen LogP contribution in [-0.4, -0.2) is 27.2 Å². The van der Waals surface area contributed by atoms with Crippen molar-refractivity contribution in [3.8, 4) is 11.3 Å². The van der Waals surface area contributed by atoms with E-state index in [1.165, 1.54) is 28.8 Å². The van der Waals surface area contributed by atoms with Gasteiger partial charge >= 0.3 is 0 Å². The predicted octanol–water partition coefficient (Wildman–Crippen LogP) is 5.49. The topological polar surface area (TPSA) is 116 Å². The molecule has 5 rings (SSSR count). The Bertz CT molecular complexity index is 1950. The Labute approximate surface area is 256 Å². The van der Waals surface area contributed by atoms with Crippen LogP contribution in [0.2, 0.25) is 5.02 Å². The normalized spacial score (nSPS) is 17.4. The zero-order chi connectivity index (χ0) is 31.2. The van der Waals surface area contributed by atoms with E-state index in [4.69, 9.17) is 16.0 Å². The number of anilines is 1. The number of hydrogen-bond acceptors (Lipinski definition) is 7. The number of aromatic nitrogens is 1. The summed E-state index contributed by atoms with van der Waals surface area (Å²) in [6, 6.07) is 15.0. The molecule has 0 spiro atoms. The number of amides is 1. The summed E-state index contributed by atoms with van der Waals surface area (Å²) in [4.78, 5) is 52.7. The Morgan fingerprint density at radius 3 is 2.51 bits per heavy atom. The van der Waals surface area contributed by atoms with E-state index in [2.05, 4.69) is 6.92 Å². The number of carbonyl (C=O) groups is 2. The molecule has 0 radical (unpaired) electrons. The predicted molar refractivity (Wildman–Crippen MR) is 168 cm³/mol. The summed E-state index contributed by atoms with van der Waals surface area (Å²) in [5.74, 6) is 0.411. The van der Waals surface area contributed by atoms with Crippen LogP contribution in [0.1, 0.15) is 51.9 Å². The van der Waals surface area contributed by atoms with Crippen LogP contribution in [0, 0.1) is 15.5 Å². The molecule has 0 saturated carbocycles. The molecule has 3 heterocycles. The second kappa shape index (κ2) is 11.4. The summed E-state index contributed by atoms with van der Waals surface area (Å²) in [5, 5.41) is 11.2. The summed E-state index contributed by atoms with van der Waals surface area (Å²) in [6.45, 7) is 9.19. The second-order valence-electron chi connectivity index (χ2n) is 11.6. The molecule has 2 unspecified atom stereocenters. The van der Waals surface area contributed by atoms with E-state index in [-0.39, 0.29) is 45.4 Å². The zero-order valence-electron chi connectivity index (χ0n) is 24.3. The van der Waals surface area contributed by atoms with Crippen molar-refractivity contribution in [3.05, 3.63) is 101 Å². The number of nitro groups is 1. The van der Waals surface area contributed by atoms with E-state index in [0.29, 0.717) is 21.7 Å². The van der Waals surface area contributed by atoms with Crippen LogP contribution in [0.5, 0.6) is 0 Å². The highest BCUT2D eigenvalue weighted by Crippen LogP contribution is 2.40. The highest BCUT2D eigenvalue weighted by Gasteiger charge is 2.36. The number of benzene rings is 2. The number of rotatable bonds is 6. The molecule has 43 heavy (non-hydrogen) atoms. The molecule has 0 N–H and O–H groups in total. The Balaban J connectivity index is 1.55. The number of thiazole rings is 1. The van der Waals surface area contributed by atoms with Gasteiger partial charge in [0.1, 0.15) is 22.7 Å². The van der Waals surface area contributed by atoms with Gasteiger partial charge in [-0.25, -0.2) is 0 Å². The van der Waals surface area contributed by atoms with Crippen molar-refractivity contribution in [1.82, 2.24) is 4.57 Å². The van der Waals surface area contributed by atoms with Crippen LogP contribution in [-0.2, 0) is 16.1 Å². The Hall–Kier alpha value is -4.28. The maximum Gasteiger partial charge on any atom is 0.270 e. The molecular formula is C32H30ClN3O6S. The highest BCUT2D eigenvalue weighted by atomic mass is 35.5. The van der Waals surface area contributed by atoms with Gasteiger partial charge in [-0.05, 0) is 36.8 Å². The third-order valence-corrected chi connectivity index (χ3v) is 9.01. The molecule has 1 aliphatic heterocycles. The maximum atomic E-state index is 13.7. The largest absolute Gasteiger partial charge is 0.457 e. The lowest BCUT2D eigenvalue weighted by molar-refractivity contribution is -0.384. The fourth-order valence-electron chi connectivity index (χ4n) is 5.01. The summed E-state index contributed by atoms with van der Waals surface area (Å²) < 4.78 is 7.90. The zero-order valence-corrected chi connectivity index (χ0v) is 25.9. The SMILES string of the molecule is CC1c2ccccc2N(C(=O)Cn2c(=O)/c(=C\c3ccc(-c4ccc([N+](=O)[O-])cc4Cl)o3)s/c2=C\C(=O)C(C)(C)C)C1C. The van der Waals surface area contributed by atoms with E-state index >= 15 is 0 Å². The average Bonchev–Trinajstić information content (AvgIpc) is 3.59. The van der Waals surface area contributed by atoms with Gasteiger partial charge in [0.15, 0.2) is 5.78 Å². The van der Waals surface area contributed by atoms with Crippen molar-refractivity contribution in [1.29, 1.82) is 0 Å². The van der Waals surface area contributed by atoms with Crippen LogP contribution in [0.4, 0.5) is 11.4 Å². The van der Waals surface area contributed by atoms with Gasteiger partial charge in [0.05, 0.1) is 14.5 Å². The summed E-state index contributed by atoms with van der Waals surface area (Å²) in [6.07, 6.45) is 2.97. The van der Waals surface area contributed by atoms with Crippen LogP contribution in [0.25, 0.3) is 23.5 Å². The molecule has 4 aromatic rings. The lowest BCUT2D eigenvalue weighted by Crippen LogP contribution is -2.43. The van der Waals surface area contributed by atoms with Crippen molar-refractivity contribution in [2.45, 2.75) is 53.1 Å². The minimum Gasteiger partial charge on any atom is -0.457 e. The van der Waals surface area contributed by atoms with Crippen LogP contribution in [0.15, 0.2) is 63.8 Å². The monoisotopic (exact) mass is 619 g/mol. The Morgan fingerprint density at radius 2 is 1.84 bits per heavy atom. The molecule has 2 aromatic carbocycles. The number of carbonyl (C=O) groups excluding carboxylic acids is 2. The number of nitro benzene ring substituents is 1. The molecular weight excluding hydrogens is 590 g/mol. The minimum atomic E-state index is -0.684. The maximum absolute atomic E-state index is 13.7. The number of non-ortho nitro benzene ring substituents is 1. The van der Waals surface area contributed by atoms with Crippen LogP contribution in [0.3, 0.4) is 0 Å². The van der Waals surface area contributed by atoms with Gasteiger partial charge in [0, 0.05) is 52.9 Å². The third kappa shape index (κ3) is 5.85. The van der Waals surface area contributed by atoms with E-state index in [0.717, 1.165) is 22.6 Å². The van der Waals surface area contributed by atoms with Crippen molar-refractivity contribution in [2.75, 3.05) is 4.90 Å². The van der Waals surface area contributed by atoms with Crippen LogP contribution >= 0.6 is 22.9 Å². The third-order valence-electron chi connectivity index (χ3n) is 7.64. The highest BCUT2D eigenvalue weighted by molar-refractivity contribution is 7.07. The molecule has 222 valence electrons. The molecule has 2 atom stereocenters. The first kappa shape index (κ1) is 30.2. The lowest BCUT2D eigenvalue weighted by Gasteiger charge is -2.24. The average molecular weight is 620 g/mol. The van der Waals surface area contributed by atoms with Crippen molar-refractivity contribution >= 4 is 58.2 Å². The first-order valence-corrected chi connectivity index (χ1v) is 14.9. The molecule has 9 nitrogen and oxygen atoms in total. The molecule has 1 amide bonds. The standard InChI is InChI=1S/C32H30ClN3O6S/c1-18-19(2)35(25-9-7-6-8-22(18)25)29(38)17-34-30(16-28(37)32(3,4)5)43-27(31(34)39)15-21-11-13-26(42-21)23-12-10-20(36(40)41)14-24(23)33/h6-16,18-19H,17H2,1-5H3/b27-15+,30-16-. The fourth-order valence-corrected chi connectivity index (χ4v) is 6.30. The number of hydrogen-bond donors (Lipinski definition) is 0. The van der Waals surface area contributed by atoms with E-state index in [1.807, 2.05) is 31.2 Å². The summed E-state index contributed by atoms with van der Waals surface area (Å²) in [7, 11) is 0. The van der Waals surface area contributed by atoms with Crippen LogP contribution < -0.4 is 19.7 Å². The first-order chi connectivity index (χ1) is 20.3. The van der Waals surface area contributed by atoms with Gasteiger partial charge in [0.2, 0.25) is 5.91 Å². The van der Waals surface area contributed by atoms with E-state index in [1.54, 1.807) is 43.9 Å². The van der Waals surface area contributed by atoms with Gasteiger partial charge in [0.25, 0.3) is 11.2 Å². The molecule has 0 bridgehead atoms. The quantitative estimate of drug-likeness (QED) is 0.208. The number of nitrogens with zero attached hydrogens (tertiary/aromatic N) is 3. The number of fused-ring (bicyclic) bond motifs is 1. The van der Waals surface area contributed by atoms with Crippen molar-refractivity contribution < 1.29 is 18.9 Å². The molecule has 0 aliphatic carbocycles. The number of halogens is 1. The van der Waals surface area contributed by atoms with Gasteiger partial charge in [-0.1, -0.05) is 57.5 Å². The van der Waals surface area contributed by atoms with Crippen molar-refractivity contribution in [3.63, 3.8) is 0 Å². The van der Waals surface area contributed by atoms with Gasteiger partial charge in [-0.15, -0.1) is 11.3 Å².